The lowest BCUT2D eigenvalue weighted by Crippen LogP contribution is -2.34. The molecule has 0 bridgehead atoms. The van der Waals surface area contributed by atoms with Crippen LogP contribution in [0.1, 0.15) is 46.0 Å². The molecule has 1 aliphatic rings. The van der Waals surface area contributed by atoms with E-state index in [0.29, 0.717) is 16.7 Å². The molecule has 5 heteroatoms. The van der Waals surface area contributed by atoms with Crippen LogP contribution in [-0.2, 0) is 0 Å². The molecular weight excluding hydrogens is 378 g/mol. The zero-order chi connectivity index (χ0) is 19.2. The number of hydrogen-bond acceptors (Lipinski definition) is 1. The highest BCUT2D eigenvalue weighted by atomic mass is 31.2. The van der Waals surface area contributed by atoms with Crippen LogP contribution in [0, 0.1) is 11.6 Å². The minimum Gasteiger partial charge on any atom is -0.250 e. The predicted molar refractivity (Wildman–Crippen MR) is 116 cm³/mol. The summed E-state index contributed by atoms with van der Waals surface area (Å²) in [6.07, 6.45) is 8.23. The molecule has 0 amide bonds. The summed E-state index contributed by atoms with van der Waals surface area (Å²) >= 11 is 0. The van der Waals surface area contributed by atoms with E-state index < -0.39 is 8.07 Å². The van der Waals surface area contributed by atoms with Gasteiger partial charge in [0.1, 0.15) is 11.6 Å². The third-order valence-corrected chi connectivity index (χ3v) is 11.5. The van der Waals surface area contributed by atoms with Gasteiger partial charge in [-0.15, -0.1) is 0 Å². The largest absolute Gasteiger partial charge is 0.250 e. The minimum atomic E-state index is -1.21. The van der Waals surface area contributed by atoms with Gasteiger partial charge in [0.2, 0.25) is 0 Å². The van der Waals surface area contributed by atoms with Crippen LogP contribution < -0.4 is 10.6 Å². The van der Waals surface area contributed by atoms with Gasteiger partial charge in [0.05, 0.1) is 0 Å². The van der Waals surface area contributed by atoms with E-state index in [1.165, 1.54) is 37.3 Å². The van der Waals surface area contributed by atoms with Crippen LogP contribution in [0.3, 0.4) is 0 Å². The normalized spacial score (nSPS) is 16.4. The van der Waals surface area contributed by atoms with Gasteiger partial charge in [-0.05, 0) is 70.8 Å². The quantitative estimate of drug-likeness (QED) is 0.459. The Morgan fingerprint density at radius 3 is 1.96 bits per heavy atom. The van der Waals surface area contributed by atoms with Crippen molar-refractivity contribution in [2.24, 2.45) is 0 Å². The Kier molecular flexibility index (Phi) is 7.76. The third-order valence-electron chi connectivity index (χ3n) is 5.11. The summed E-state index contributed by atoms with van der Waals surface area (Å²) in [6, 6.07) is 14.3. The first kappa shape index (κ1) is 20.8. The Hall–Kier alpha value is -0.880. The molecule has 1 unspecified atom stereocenters. The van der Waals surface area contributed by atoms with Crippen LogP contribution in [0.2, 0.25) is 0 Å². The fourth-order valence-electron chi connectivity index (χ4n) is 3.72. The molecule has 1 heterocycles. The van der Waals surface area contributed by atoms with Gasteiger partial charge in [-0.1, -0.05) is 44.0 Å². The lowest BCUT2D eigenvalue weighted by atomic mass is 10.2. The molecular formula is C22H29F2NP2. The molecule has 0 aromatic heterocycles. The Labute approximate surface area is 164 Å². The monoisotopic (exact) mass is 407 g/mol. The molecule has 27 heavy (non-hydrogen) atoms. The van der Waals surface area contributed by atoms with E-state index in [-0.39, 0.29) is 19.7 Å². The molecule has 2 aromatic carbocycles. The first-order valence-electron chi connectivity index (χ1n) is 9.96. The number of rotatable bonds is 8. The molecule has 0 radical (unpaired) electrons. The van der Waals surface area contributed by atoms with E-state index in [1.807, 2.05) is 24.3 Å². The Morgan fingerprint density at radius 2 is 1.48 bits per heavy atom. The Bertz CT molecular complexity index is 688. The van der Waals surface area contributed by atoms with Crippen LogP contribution >= 0.6 is 16.1 Å². The first-order valence-corrected chi connectivity index (χ1v) is 12.9. The van der Waals surface area contributed by atoms with E-state index >= 15 is 0 Å². The Balaban J connectivity index is 2.10. The van der Waals surface area contributed by atoms with E-state index in [4.69, 9.17) is 0 Å². The van der Waals surface area contributed by atoms with Crippen molar-refractivity contribution in [2.45, 2.75) is 52.0 Å². The van der Waals surface area contributed by atoms with Crippen molar-refractivity contribution in [3.05, 3.63) is 60.2 Å². The van der Waals surface area contributed by atoms with Crippen LogP contribution in [0.25, 0.3) is 0 Å². The van der Waals surface area contributed by atoms with E-state index in [9.17, 15) is 8.78 Å². The highest BCUT2D eigenvalue weighted by molar-refractivity contribution is 7.79. The summed E-state index contributed by atoms with van der Waals surface area (Å²) in [6.45, 7) is 4.46. The van der Waals surface area contributed by atoms with Gasteiger partial charge < -0.3 is 0 Å². The lowest BCUT2D eigenvalue weighted by molar-refractivity contribution is 0.476. The van der Waals surface area contributed by atoms with Gasteiger partial charge >= 0.3 is 0 Å². The summed E-state index contributed by atoms with van der Waals surface area (Å²) in [4.78, 5) is 0. The number of nitrogens with zero attached hydrogens (tertiary/aromatic N) is 1. The van der Waals surface area contributed by atoms with Crippen molar-refractivity contribution < 1.29 is 8.78 Å². The van der Waals surface area contributed by atoms with Crippen molar-refractivity contribution in [2.75, 3.05) is 12.3 Å². The number of unbranched alkanes of at least 4 members (excludes halogenated alkanes) is 1. The topological polar surface area (TPSA) is 3.24 Å². The zero-order valence-electron chi connectivity index (χ0n) is 16.2. The maximum Gasteiger partial charge on any atom is 0.132 e. The van der Waals surface area contributed by atoms with E-state index in [0.717, 1.165) is 19.3 Å². The molecule has 0 saturated carbocycles. The SMILES string of the molecule is CCCCC(C)N(P1CCCC1)P(c1ccccc1F)c1ccccc1F. The number of benzene rings is 2. The fraction of sp³-hybridized carbons (Fsp3) is 0.455. The highest BCUT2D eigenvalue weighted by Gasteiger charge is 2.36. The molecule has 2 aromatic rings. The second-order valence-electron chi connectivity index (χ2n) is 7.19. The number of hydrogen-bond donors (Lipinski definition) is 0. The summed E-state index contributed by atoms with van der Waals surface area (Å²) in [7, 11) is -1.56. The van der Waals surface area contributed by atoms with Crippen LogP contribution in [0.15, 0.2) is 48.5 Å². The average Bonchev–Trinajstić information content (AvgIpc) is 3.20. The maximum absolute atomic E-state index is 14.9. The standard InChI is InChI=1S/C22H29F2NP2/c1-3-4-11-18(2)25(26-16-9-10-17-26)27(21-14-7-5-12-19(21)23)22-15-8-6-13-20(22)24/h5-8,12-15,18H,3-4,9-11,16-17H2,1-2H3. The molecule has 0 spiro atoms. The van der Waals surface area contributed by atoms with E-state index in [2.05, 4.69) is 18.3 Å². The maximum atomic E-state index is 14.9. The summed E-state index contributed by atoms with van der Waals surface area (Å²) < 4.78 is 32.3. The van der Waals surface area contributed by atoms with Gasteiger partial charge in [0, 0.05) is 24.7 Å². The molecule has 1 saturated heterocycles. The number of halogens is 2. The molecule has 3 rings (SSSR count). The molecule has 1 aliphatic heterocycles. The summed E-state index contributed by atoms with van der Waals surface area (Å²) in [5.41, 5.74) is 0. The van der Waals surface area contributed by atoms with Gasteiger partial charge in [-0.3, -0.25) is 0 Å². The second-order valence-corrected chi connectivity index (χ2v) is 11.9. The summed E-state index contributed by atoms with van der Waals surface area (Å²) in [5, 5.41) is 1.32. The lowest BCUT2D eigenvalue weighted by Gasteiger charge is -2.41. The highest BCUT2D eigenvalue weighted by Crippen LogP contribution is 2.60. The smallest absolute Gasteiger partial charge is 0.132 e. The van der Waals surface area contributed by atoms with Crippen LogP contribution in [0.5, 0.6) is 0 Å². The average molecular weight is 407 g/mol. The van der Waals surface area contributed by atoms with E-state index in [1.54, 1.807) is 12.1 Å². The van der Waals surface area contributed by atoms with Gasteiger partial charge in [0.25, 0.3) is 0 Å². The summed E-state index contributed by atoms with van der Waals surface area (Å²) in [5.74, 6) is -0.428. The fourth-order valence-corrected chi connectivity index (χ4v) is 10.5. The zero-order valence-corrected chi connectivity index (χ0v) is 18.0. The molecule has 0 N–H and O–H groups in total. The third kappa shape index (κ3) is 4.94. The van der Waals surface area contributed by atoms with Crippen molar-refractivity contribution >= 4 is 26.8 Å². The molecule has 1 fully saturated rings. The van der Waals surface area contributed by atoms with Crippen molar-refractivity contribution in [3.63, 3.8) is 0 Å². The van der Waals surface area contributed by atoms with Crippen molar-refractivity contribution in [1.29, 1.82) is 0 Å². The Morgan fingerprint density at radius 1 is 0.963 bits per heavy atom. The second kappa shape index (κ2) is 10.1. The van der Waals surface area contributed by atoms with Crippen LogP contribution in [0.4, 0.5) is 8.78 Å². The van der Waals surface area contributed by atoms with Gasteiger partial charge in [0.15, 0.2) is 0 Å². The molecule has 146 valence electrons. The molecule has 1 atom stereocenters. The van der Waals surface area contributed by atoms with Crippen LogP contribution in [-0.4, -0.2) is 22.8 Å². The van der Waals surface area contributed by atoms with Crippen molar-refractivity contribution in [3.8, 4) is 0 Å². The molecule has 0 aliphatic carbocycles. The van der Waals surface area contributed by atoms with Crippen molar-refractivity contribution in [1.82, 2.24) is 4.44 Å². The minimum absolute atomic E-state index is 0.214. The predicted octanol–water partition coefficient (Wildman–Crippen LogP) is 6.38. The first-order chi connectivity index (χ1) is 13.1. The van der Waals surface area contributed by atoms with Gasteiger partial charge in [-0.2, -0.15) is 0 Å². The molecule has 1 nitrogen and oxygen atoms in total. The van der Waals surface area contributed by atoms with Gasteiger partial charge in [-0.25, -0.2) is 13.2 Å².